The summed E-state index contributed by atoms with van der Waals surface area (Å²) in [4.78, 5) is 32.1. The molecule has 9 nitrogen and oxygen atoms in total. The summed E-state index contributed by atoms with van der Waals surface area (Å²) in [5, 5.41) is 4.15. The fourth-order valence-electron chi connectivity index (χ4n) is 3.34. The van der Waals surface area contributed by atoms with Crippen LogP contribution in [0.25, 0.3) is 0 Å². The number of pyridine rings is 1. The van der Waals surface area contributed by atoms with Gasteiger partial charge < -0.3 is 19.2 Å². The number of amides is 1. The third-order valence-electron chi connectivity index (χ3n) is 5.27. The van der Waals surface area contributed by atoms with Crippen LogP contribution in [0.1, 0.15) is 30.9 Å². The van der Waals surface area contributed by atoms with Gasteiger partial charge in [-0.25, -0.2) is 9.78 Å². The minimum atomic E-state index is -0.351. The maximum atomic E-state index is 12.4. The number of aromatic nitrogens is 3. The van der Waals surface area contributed by atoms with E-state index in [1.54, 1.807) is 29.4 Å². The van der Waals surface area contributed by atoms with Crippen molar-refractivity contribution in [1.29, 1.82) is 0 Å². The van der Waals surface area contributed by atoms with E-state index in [9.17, 15) is 4.79 Å². The van der Waals surface area contributed by atoms with Crippen molar-refractivity contribution in [3.63, 3.8) is 0 Å². The molecule has 1 aromatic carbocycles. The van der Waals surface area contributed by atoms with E-state index in [0.717, 1.165) is 5.56 Å². The summed E-state index contributed by atoms with van der Waals surface area (Å²) >= 11 is 0. The first-order valence-corrected chi connectivity index (χ1v) is 10.7. The van der Waals surface area contributed by atoms with Gasteiger partial charge in [0.2, 0.25) is 5.88 Å². The SMILES string of the molecule is C/C(=N/Oc1ncnc(OC2CCN(C(=O)Oc3ccccc3)CC2)c1C)c1cccnc1. The quantitative estimate of drug-likeness (QED) is 0.416. The van der Waals surface area contributed by atoms with Gasteiger partial charge in [-0.3, -0.25) is 4.98 Å². The number of hydrogen-bond donors (Lipinski definition) is 0. The number of benzene rings is 1. The molecule has 0 spiro atoms. The second-order valence-electron chi connectivity index (χ2n) is 7.60. The zero-order valence-electron chi connectivity index (χ0n) is 18.5. The third-order valence-corrected chi connectivity index (χ3v) is 5.27. The van der Waals surface area contributed by atoms with Crippen LogP contribution in [0.15, 0.2) is 66.3 Å². The molecule has 1 saturated heterocycles. The fraction of sp³-hybridized carbons (Fsp3) is 0.292. The van der Waals surface area contributed by atoms with Gasteiger partial charge in [0.1, 0.15) is 18.2 Å². The van der Waals surface area contributed by atoms with E-state index in [-0.39, 0.29) is 12.2 Å². The van der Waals surface area contributed by atoms with E-state index >= 15 is 0 Å². The lowest BCUT2D eigenvalue weighted by Crippen LogP contribution is -2.43. The molecular formula is C24H25N5O4. The molecule has 1 aliphatic heterocycles. The third kappa shape index (κ3) is 5.82. The van der Waals surface area contributed by atoms with E-state index in [0.29, 0.717) is 54.7 Å². The van der Waals surface area contributed by atoms with Crippen LogP contribution in [0.4, 0.5) is 4.79 Å². The number of hydrogen-bond acceptors (Lipinski definition) is 8. The highest BCUT2D eigenvalue weighted by Crippen LogP contribution is 2.26. The minimum Gasteiger partial charge on any atom is -0.474 e. The number of carbonyl (C=O) groups is 1. The highest BCUT2D eigenvalue weighted by Gasteiger charge is 2.26. The number of oxime groups is 1. The van der Waals surface area contributed by atoms with Crippen molar-refractivity contribution in [2.75, 3.05) is 13.1 Å². The van der Waals surface area contributed by atoms with Gasteiger partial charge in [-0.1, -0.05) is 23.4 Å². The van der Waals surface area contributed by atoms with Crippen molar-refractivity contribution < 1.29 is 19.1 Å². The Morgan fingerprint density at radius 1 is 1.06 bits per heavy atom. The molecule has 0 radical (unpaired) electrons. The summed E-state index contributed by atoms with van der Waals surface area (Å²) in [6.07, 6.45) is 5.71. The van der Waals surface area contributed by atoms with E-state index in [4.69, 9.17) is 14.3 Å². The Hall–Kier alpha value is -4.01. The van der Waals surface area contributed by atoms with Gasteiger partial charge in [0.05, 0.1) is 11.3 Å². The smallest absolute Gasteiger partial charge is 0.415 e. The van der Waals surface area contributed by atoms with Gasteiger partial charge in [0, 0.05) is 43.9 Å². The van der Waals surface area contributed by atoms with Gasteiger partial charge >= 0.3 is 6.09 Å². The first kappa shape index (κ1) is 22.2. The van der Waals surface area contributed by atoms with Crippen LogP contribution in [-0.2, 0) is 0 Å². The number of likely N-dealkylation sites (tertiary alicyclic amines) is 1. The van der Waals surface area contributed by atoms with Crippen LogP contribution >= 0.6 is 0 Å². The van der Waals surface area contributed by atoms with E-state index in [1.165, 1.54) is 6.33 Å². The van der Waals surface area contributed by atoms with Crippen LogP contribution in [-0.4, -0.2) is 50.9 Å². The summed E-state index contributed by atoms with van der Waals surface area (Å²) in [5.41, 5.74) is 2.20. The molecule has 0 bridgehead atoms. The molecule has 1 aliphatic rings. The van der Waals surface area contributed by atoms with Gasteiger partial charge in [-0.05, 0) is 38.1 Å². The molecule has 170 valence electrons. The number of ether oxygens (including phenoxy) is 2. The van der Waals surface area contributed by atoms with Crippen molar-refractivity contribution in [3.05, 3.63) is 72.3 Å². The number of para-hydroxylation sites is 1. The van der Waals surface area contributed by atoms with Crippen molar-refractivity contribution in [1.82, 2.24) is 19.9 Å². The first-order chi connectivity index (χ1) is 16.1. The highest BCUT2D eigenvalue weighted by atomic mass is 16.6. The second kappa shape index (κ2) is 10.5. The predicted octanol–water partition coefficient (Wildman–Crippen LogP) is 4.03. The summed E-state index contributed by atoms with van der Waals surface area (Å²) in [5.74, 6) is 1.30. The lowest BCUT2D eigenvalue weighted by Gasteiger charge is -2.31. The molecule has 3 aromatic rings. The Morgan fingerprint density at radius 2 is 1.82 bits per heavy atom. The largest absolute Gasteiger partial charge is 0.474 e. The van der Waals surface area contributed by atoms with Crippen LogP contribution in [0.2, 0.25) is 0 Å². The number of carbonyl (C=O) groups excluding carboxylic acids is 1. The van der Waals surface area contributed by atoms with Gasteiger partial charge in [-0.2, -0.15) is 4.98 Å². The Balaban J connectivity index is 1.32. The molecule has 1 fully saturated rings. The molecule has 4 rings (SSSR count). The van der Waals surface area contributed by atoms with Gasteiger partial charge in [0.25, 0.3) is 5.88 Å². The maximum Gasteiger partial charge on any atom is 0.415 e. The molecule has 2 aromatic heterocycles. The molecule has 0 saturated carbocycles. The Kier molecular flexibility index (Phi) is 7.09. The number of nitrogens with zero attached hydrogens (tertiary/aromatic N) is 5. The Bertz CT molecular complexity index is 1100. The molecule has 1 amide bonds. The summed E-state index contributed by atoms with van der Waals surface area (Å²) in [7, 11) is 0. The number of rotatable bonds is 6. The zero-order chi connectivity index (χ0) is 23.0. The molecule has 0 N–H and O–H groups in total. The van der Waals surface area contributed by atoms with Crippen LogP contribution in [0.3, 0.4) is 0 Å². The normalized spacial score (nSPS) is 14.6. The lowest BCUT2D eigenvalue weighted by molar-refractivity contribution is 0.0896. The van der Waals surface area contributed by atoms with E-state index < -0.39 is 0 Å². The van der Waals surface area contributed by atoms with Crippen molar-refractivity contribution in [2.45, 2.75) is 32.8 Å². The molecule has 0 unspecified atom stereocenters. The molecule has 33 heavy (non-hydrogen) atoms. The molecule has 0 aliphatic carbocycles. The average Bonchev–Trinajstić information content (AvgIpc) is 2.86. The van der Waals surface area contributed by atoms with Crippen molar-refractivity contribution in [3.8, 4) is 17.5 Å². The molecular weight excluding hydrogens is 422 g/mol. The monoisotopic (exact) mass is 447 g/mol. The van der Waals surface area contributed by atoms with Gasteiger partial charge in [-0.15, -0.1) is 0 Å². The van der Waals surface area contributed by atoms with E-state index in [2.05, 4.69) is 20.1 Å². The fourth-order valence-corrected chi connectivity index (χ4v) is 3.34. The van der Waals surface area contributed by atoms with Gasteiger partial charge in [0.15, 0.2) is 0 Å². The topological polar surface area (TPSA) is 99.0 Å². The standard InChI is InChI=1S/C24H25N5O4/c1-17-22(26-16-27-23(17)33-28-18(2)19-7-6-12-25-15-19)31-21-10-13-29(14-11-21)24(30)32-20-8-4-3-5-9-20/h3-9,12,15-16,21H,10-11,13-14H2,1-2H3/b28-18-. The van der Waals surface area contributed by atoms with Crippen LogP contribution < -0.4 is 14.3 Å². The first-order valence-electron chi connectivity index (χ1n) is 10.7. The van der Waals surface area contributed by atoms with Crippen molar-refractivity contribution in [2.24, 2.45) is 5.16 Å². The Morgan fingerprint density at radius 3 is 2.55 bits per heavy atom. The highest BCUT2D eigenvalue weighted by molar-refractivity contribution is 5.98. The van der Waals surface area contributed by atoms with Crippen LogP contribution in [0, 0.1) is 6.92 Å². The molecule has 0 atom stereocenters. The summed E-state index contributed by atoms with van der Waals surface area (Å²) in [6.45, 7) is 4.74. The molecule has 3 heterocycles. The second-order valence-corrected chi connectivity index (χ2v) is 7.60. The average molecular weight is 447 g/mol. The minimum absolute atomic E-state index is 0.0761. The van der Waals surface area contributed by atoms with Crippen LogP contribution in [0.5, 0.6) is 17.5 Å². The predicted molar refractivity (Wildman–Crippen MR) is 122 cm³/mol. The maximum absolute atomic E-state index is 12.4. The summed E-state index contributed by atoms with van der Waals surface area (Å²) in [6, 6.07) is 12.8. The Labute approximate surface area is 192 Å². The number of piperidine rings is 1. The lowest BCUT2D eigenvalue weighted by atomic mass is 10.1. The molecule has 9 heteroatoms. The van der Waals surface area contributed by atoms with E-state index in [1.807, 2.05) is 44.2 Å². The summed E-state index contributed by atoms with van der Waals surface area (Å²) < 4.78 is 11.5. The zero-order valence-corrected chi connectivity index (χ0v) is 18.5. The van der Waals surface area contributed by atoms with Crippen molar-refractivity contribution >= 4 is 11.8 Å².